The van der Waals surface area contributed by atoms with Crippen LogP contribution in [0.4, 0.5) is 0 Å². The summed E-state index contributed by atoms with van der Waals surface area (Å²) in [4.78, 5) is 19.7. The number of benzene rings is 3. The molecule has 0 unspecified atom stereocenters. The first-order chi connectivity index (χ1) is 17.6. The molecule has 0 atom stereocenters. The number of aromatic nitrogens is 2. The Morgan fingerprint density at radius 2 is 1.64 bits per heavy atom. The minimum atomic E-state index is -0.0680. The number of rotatable bonds is 6. The normalized spacial score (nSPS) is 15.6. The SMILES string of the molecule is Cc1ccccc1CSc1nc2c(c(=O)n1CCc1ccccc1)C1(CCCC1)Cc1ccccc1-2. The van der Waals surface area contributed by atoms with Gasteiger partial charge in [-0.1, -0.05) is 103 Å². The number of aryl methyl sites for hydroxylation is 2. The molecular formula is C32H32N2OS. The highest BCUT2D eigenvalue weighted by Gasteiger charge is 2.44. The largest absolute Gasteiger partial charge is 0.287 e. The van der Waals surface area contributed by atoms with E-state index in [0.717, 1.165) is 53.4 Å². The van der Waals surface area contributed by atoms with Crippen molar-refractivity contribution < 1.29 is 0 Å². The molecule has 0 aliphatic heterocycles. The average molecular weight is 493 g/mol. The summed E-state index contributed by atoms with van der Waals surface area (Å²) in [7, 11) is 0. The highest BCUT2D eigenvalue weighted by molar-refractivity contribution is 7.98. The van der Waals surface area contributed by atoms with Crippen LogP contribution in [-0.4, -0.2) is 9.55 Å². The van der Waals surface area contributed by atoms with Gasteiger partial charge in [0.05, 0.1) is 11.3 Å². The van der Waals surface area contributed by atoms with Gasteiger partial charge in [0.2, 0.25) is 0 Å². The first kappa shape index (κ1) is 23.3. The zero-order valence-electron chi connectivity index (χ0n) is 20.9. The molecule has 0 amide bonds. The van der Waals surface area contributed by atoms with Gasteiger partial charge in [0.15, 0.2) is 5.16 Å². The summed E-state index contributed by atoms with van der Waals surface area (Å²) in [5, 5.41) is 0.836. The van der Waals surface area contributed by atoms with Crippen molar-refractivity contribution in [2.45, 2.75) is 68.3 Å². The molecule has 0 bridgehead atoms. The van der Waals surface area contributed by atoms with Gasteiger partial charge >= 0.3 is 0 Å². The Balaban J connectivity index is 1.48. The lowest BCUT2D eigenvalue weighted by atomic mass is 9.68. The number of thioether (sulfide) groups is 1. The van der Waals surface area contributed by atoms with Gasteiger partial charge in [0, 0.05) is 23.3 Å². The molecule has 0 saturated heterocycles. The number of hydrogen-bond acceptors (Lipinski definition) is 3. The predicted octanol–water partition coefficient (Wildman–Crippen LogP) is 7.12. The summed E-state index contributed by atoms with van der Waals surface area (Å²) in [6.07, 6.45) is 6.33. The molecule has 36 heavy (non-hydrogen) atoms. The van der Waals surface area contributed by atoms with Crippen LogP contribution in [0.25, 0.3) is 11.3 Å². The smallest absolute Gasteiger partial charge is 0.258 e. The van der Waals surface area contributed by atoms with E-state index in [-0.39, 0.29) is 11.0 Å². The maximum atomic E-state index is 14.4. The molecule has 4 aromatic rings. The average Bonchev–Trinajstić information content (AvgIpc) is 3.36. The van der Waals surface area contributed by atoms with Crippen molar-refractivity contribution >= 4 is 11.8 Å². The van der Waals surface area contributed by atoms with E-state index in [2.05, 4.69) is 79.7 Å². The monoisotopic (exact) mass is 492 g/mol. The molecule has 1 aromatic heterocycles. The molecule has 4 heteroatoms. The zero-order chi connectivity index (χ0) is 24.5. The quantitative estimate of drug-likeness (QED) is 0.212. The van der Waals surface area contributed by atoms with Gasteiger partial charge in [-0.2, -0.15) is 0 Å². The minimum absolute atomic E-state index is 0.0680. The molecule has 182 valence electrons. The Bertz CT molecular complexity index is 1450. The van der Waals surface area contributed by atoms with Crippen LogP contribution in [-0.2, 0) is 30.6 Å². The Labute approximate surface area is 217 Å². The van der Waals surface area contributed by atoms with Crippen LogP contribution in [0.1, 0.15) is 53.5 Å². The molecule has 0 N–H and O–H groups in total. The van der Waals surface area contributed by atoms with Crippen LogP contribution < -0.4 is 5.56 Å². The Hall–Kier alpha value is -3.11. The second-order valence-electron chi connectivity index (χ2n) is 10.3. The Morgan fingerprint density at radius 3 is 2.44 bits per heavy atom. The highest BCUT2D eigenvalue weighted by Crippen LogP contribution is 2.50. The van der Waals surface area contributed by atoms with Crippen LogP contribution in [0.2, 0.25) is 0 Å². The molecular weight excluding hydrogens is 460 g/mol. The van der Waals surface area contributed by atoms with Gasteiger partial charge in [-0.05, 0) is 54.9 Å². The summed E-state index contributed by atoms with van der Waals surface area (Å²) in [6, 6.07) is 27.6. The lowest BCUT2D eigenvalue weighted by molar-refractivity contribution is 0.415. The molecule has 1 heterocycles. The lowest BCUT2D eigenvalue weighted by Gasteiger charge is -2.36. The van der Waals surface area contributed by atoms with Crippen molar-refractivity contribution in [2.75, 3.05) is 0 Å². The minimum Gasteiger partial charge on any atom is -0.287 e. The first-order valence-corrected chi connectivity index (χ1v) is 14.1. The summed E-state index contributed by atoms with van der Waals surface area (Å²) >= 11 is 1.69. The van der Waals surface area contributed by atoms with Crippen molar-refractivity contribution in [2.24, 2.45) is 0 Å². The number of hydrogen-bond donors (Lipinski definition) is 0. The van der Waals surface area contributed by atoms with E-state index in [1.807, 2.05) is 10.6 Å². The summed E-state index contributed by atoms with van der Waals surface area (Å²) < 4.78 is 1.99. The van der Waals surface area contributed by atoms with Crippen molar-refractivity contribution in [3.05, 3.63) is 117 Å². The predicted molar refractivity (Wildman–Crippen MR) is 149 cm³/mol. The van der Waals surface area contributed by atoms with Gasteiger partial charge in [-0.3, -0.25) is 9.36 Å². The Morgan fingerprint density at radius 1 is 0.917 bits per heavy atom. The van der Waals surface area contributed by atoms with Crippen LogP contribution in [0.3, 0.4) is 0 Å². The zero-order valence-corrected chi connectivity index (χ0v) is 21.7. The fourth-order valence-corrected chi connectivity index (χ4v) is 7.25. The third-order valence-electron chi connectivity index (χ3n) is 8.11. The molecule has 1 spiro atoms. The van der Waals surface area contributed by atoms with E-state index in [1.54, 1.807) is 11.8 Å². The van der Waals surface area contributed by atoms with Crippen molar-refractivity contribution in [3.8, 4) is 11.3 Å². The van der Waals surface area contributed by atoms with Crippen LogP contribution in [0.5, 0.6) is 0 Å². The summed E-state index contributed by atoms with van der Waals surface area (Å²) in [6.45, 7) is 2.80. The van der Waals surface area contributed by atoms with E-state index >= 15 is 0 Å². The Kier molecular flexibility index (Phi) is 6.30. The molecule has 2 aliphatic carbocycles. The topological polar surface area (TPSA) is 34.9 Å². The van der Waals surface area contributed by atoms with E-state index in [0.29, 0.717) is 6.54 Å². The van der Waals surface area contributed by atoms with Gasteiger partial charge in [0.25, 0.3) is 5.56 Å². The van der Waals surface area contributed by atoms with Gasteiger partial charge in [-0.25, -0.2) is 4.98 Å². The molecule has 1 fully saturated rings. The lowest BCUT2D eigenvalue weighted by Crippen LogP contribution is -2.40. The van der Waals surface area contributed by atoms with E-state index < -0.39 is 0 Å². The van der Waals surface area contributed by atoms with E-state index in [4.69, 9.17) is 4.98 Å². The van der Waals surface area contributed by atoms with Crippen molar-refractivity contribution in [1.82, 2.24) is 9.55 Å². The molecule has 2 aliphatic rings. The second kappa shape index (κ2) is 9.74. The van der Waals surface area contributed by atoms with E-state index in [1.165, 1.54) is 35.1 Å². The summed E-state index contributed by atoms with van der Waals surface area (Å²) in [5.74, 6) is 0.802. The molecule has 3 nitrogen and oxygen atoms in total. The number of fused-ring (bicyclic) bond motifs is 4. The highest BCUT2D eigenvalue weighted by atomic mass is 32.2. The molecule has 1 saturated carbocycles. The second-order valence-corrected chi connectivity index (χ2v) is 11.3. The third kappa shape index (κ3) is 4.22. The van der Waals surface area contributed by atoms with Gasteiger partial charge in [-0.15, -0.1) is 0 Å². The first-order valence-electron chi connectivity index (χ1n) is 13.1. The van der Waals surface area contributed by atoms with Crippen LogP contribution in [0, 0.1) is 6.92 Å². The maximum absolute atomic E-state index is 14.4. The fourth-order valence-electron chi connectivity index (χ4n) is 6.15. The van der Waals surface area contributed by atoms with Crippen LogP contribution in [0.15, 0.2) is 88.8 Å². The van der Waals surface area contributed by atoms with Crippen molar-refractivity contribution in [1.29, 1.82) is 0 Å². The summed E-state index contributed by atoms with van der Waals surface area (Å²) in [5.41, 5.74) is 8.33. The van der Waals surface area contributed by atoms with Crippen LogP contribution >= 0.6 is 11.8 Å². The maximum Gasteiger partial charge on any atom is 0.258 e. The molecule has 6 rings (SSSR count). The van der Waals surface area contributed by atoms with Crippen molar-refractivity contribution in [3.63, 3.8) is 0 Å². The number of nitrogens with zero attached hydrogens (tertiary/aromatic N) is 2. The van der Waals surface area contributed by atoms with Gasteiger partial charge < -0.3 is 0 Å². The molecule has 0 radical (unpaired) electrons. The fraction of sp³-hybridized carbons (Fsp3) is 0.312. The standard InChI is InChI=1S/C32H32N2OS/c1-23-11-5-6-15-26(23)22-36-31-33-29-27-16-8-7-14-25(27)21-32(18-9-10-19-32)28(29)30(35)34(31)20-17-24-12-3-2-4-13-24/h2-8,11-16H,9-10,17-22H2,1H3. The third-order valence-corrected chi connectivity index (χ3v) is 9.14. The van der Waals surface area contributed by atoms with Gasteiger partial charge in [0.1, 0.15) is 0 Å². The van der Waals surface area contributed by atoms with E-state index in [9.17, 15) is 4.79 Å². The molecule has 3 aromatic carbocycles.